The summed E-state index contributed by atoms with van der Waals surface area (Å²) in [5.41, 5.74) is 9.82. The molecule has 2 aromatic heterocycles. The molecule has 2 aromatic carbocycles. The van der Waals surface area contributed by atoms with Gasteiger partial charge in [0.1, 0.15) is 22.7 Å². The van der Waals surface area contributed by atoms with Crippen molar-refractivity contribution in [1.29, 1.82) is 0 Å². The predicted molar refractivity (Wildman–Crippen MR) is 129 cm³/mol. The molecule has 0 aliphatic carbocycles. The highest BCUT2D eigenvalue weighted by Crippen LogP contribution is 2.29. The van der Waals surface area contributed by atoms with E-state index >= 15 is 0 Å². The van der Waals surface area contributed by atoms with Gasteiger partial charge in [0.05, 0.1) is 24.2 Å². The third-order valence-electron chi connectivity index (χ3n) is 5.78. The van der Waals surface area contributed by atoms with Crippen LogP contribution in [0.2, 0.25) is 0 Å². The van der Waals surface area contributed by atoms with Crippen LogP contribution in [-0.2, 0) is 11.3 Å². The lowest BCUT2D eigenvalue weighted by Crippen LogP contribution is -2.11. The molecule has 0 saturated carbocycles. The third kappa shape index (κ3) is 5.13. The third-order valence-corrected chi connectivity index (χ3v) is 5.78. The standard InChI is InChI=1S/C26H29FN4O2/c1-2-3-4-5-6-9-16-33-26(32)22-23-25(30-21-11-8-7-10-20(21)29-23)31(24(22)28)17-18-12-14-19(27)15-13-18/h7-8,10-15H,2-6,9,16-17,28H2,1H3. The van der Waals surface area contributed by atoms with E-state index in [-0.39, 0.29) is 17.2 Å². The number of para-hydroxylation sites is 2. The van der Waals surface area contributed by atoms with Gasteiger partial charge in [-0.25, -0.2) is 19.2 Å². The first-order valence-electron chi connectivity index (χ1n) is 11.5. The second-order valence-corrected chi connectivity index (χ2v) is 8.26. The fourth-order valence-corrected chi connectivity index (χ4v) is 3.97. The van der Waals surface area contributed by atoms with Crippen molar-refractivity contribution >= 4 is 34.0 Å². The number of benzene rings is 2. The molecule has 0 aliphatic heterocycles. The molecule has 0 radical (unpaired) electrons. The molecule has 2 N–H and O–H groups in total. The summed E-state index contributed by atoms with van der Waals surface area (Å²) in [5.74, 6) is -0.556. The second-order valence-electron chi connectivity index (χ2n) is 8.26. The fraction of sp³-hybridized carbons (Fsp3) is 0.346. The van der Waals surface area contributed by atoms with Crippen molar-refractivity contribution in [3.8, 4) is 0 Å². The first-order valence-corrected chi connectivity index (χ1v) is 11.5. The highest BCUT2D eigenvalue weighted by atomic mass is 19.1. The van der Waals surface area contributed by atoms with E-state index in [2.05, 4.69) is 11.9 Å². The number of ether oxygens (including phenoxy) is 1. The normalized spacial score (nSPS) is 11.3. The Kier molecular flexibility index (Phi) is 7.17. The topological polar surface area (TPSA) is 83.0 Å². The van der Waals surface area contributed by atoms with Crippen LogP contribution >= 0.6 is 0 Å². The molecule has 0 fully saturated rings. The van der Waals surface area contributed by atoms with E-state index in [1.54, 1.807) is 16.7 Å². The number of nitrogens with zero attached hydrogens (tertiary/aromatic N) is 3. The number of esters is 1. The molecule has 4 aromatic rings. The van der Waals surface area contributed by atoms with Crippen LogP contribution in [0.15, 0.2) is 48.5 Å². The Balaban J connectivity index is 1.63. The minimum atomic E-state index is -0.492. The van der Waals surface area contributed by atoms with E-state index in [9.17, 15) is 9.18 Å². The average molecular weight is 449 g/mol. The lowest BCUT2D eigenvalue weighted by molar-refractivity contribution is 0.0501. The van der Waals surface area contributed by atoms with Gasteiger partial charge < -0.3 is 15.0 Å². The number of rotatable bonds is 10. The van der Waals surface area contributed by atoms with E-state index < -0.39 is 5.97 Å². The highest BCUT2D eigenvalue weighted by molar-refractivity contribution is 6.08. The molecular weight excluding hydrogens is 419 g/mol. The number of hydrogen-bond acceptors (Lipinski definition) is 5. The number of nitrogens with two attached hydrogens (primary N) is 1. The Morgan fingerprint density at radius 1 is 0.970 bits per heavy atom. The summed E-state index contributed by atoms with van der Waals surface area (Å²) in [6.07, 6.45) is 6.62. The van der Waals surface area contributed by atoms with Crippen LogP contribution in [0.1, 0.15) is 61.4 Å². The Morgan fingerprint density at radius 3 is 2.36 bits per heavy atom. The minimum Gasteiger partial charge on any atom is -0.462 e. The van der Waals surface area contributed by atoms with Gasteiger partial charge in [0.25, 0.3) is 0 Å². The van der Waals surface area contributed by atoms with E-state index in [1.807, 2.05) is 24.3 Å². The molecule has 4 rings (SSSR count). The van der Waals surface area contributed by atoms with Gasteiger partial charge in [-0.15, -0.1) is 0 Å². The molecule has 0 unspecified atom stereocenters. The van der Waals surface area contributed by atoms with Gasteiger partial charge in [-0.1, -0.05) is 63.3 Å². The summed E-state index contributed by atoms with van der Waals surface area (Å²) in [6.45, 7) is 2.86. The number of aromatic nitrogens is 3. The maximum Gasteiger partial charge on any atom is 0.344 e. The summed E-state index contributed by atoms with van der Waals surface area (Å²) < 4.78 is 20.7. The molecule has 0 spiro atoms. The lowest BCUT2D eigenvalue weighted by atomic mass is 10.1. The van der Waals surface area contributed by atoms with Crippen LogP contribution in [0.5, 0.6) is 0 Å². The fourth-order valence-electron chi connectivity index (χ4n) is 3.97. The van der Waals surface area contributed by atoms with Crippen LogP contribution in [0.4, 0.5) is 10.2 Å². The SMILES string of the molecule is CCCCCCCCOC(=O)c1c(N)n(Cc2ccc(F)cc2)c2nc3ccccc3nc12. The maximum atomic E-state index is 13.4. The van der Waals surface area contributed by atoms with Gasteiger partial charge in [0.2, 0.25) is 0 Å². The van der Waals surface area contributed by atoms with E-state index in [4.69, 9.17) is 15.5 Å². The number of carbonyl (C=O) groups is 1. The lowest BCUT2D eigenvalue weighted by Gasteiger charge is -2.08. The van der Waals surface area contributed by atoms with E-state index in [0.29, 0.717) is 35.3 Å². The Hall–Kier alpha value is -3.48. The molecule has 6 nitrogen and oxygen atoms in total. The molecule has 7 heteroatoms. The summed E-state index contributed by atoms with van der Waals surface area (Å²) in [6, 6.07) is 13.6. The zero-order valence-electron chi connectivity index (χ0n) is 18.9. The van der Waals surface area contributed by atoms with Gasteiger partial charge >= 0.3 is 5.97 Å². The average Bonchev–Trinajstić information content (AvgIpc) is 3.08. The van der Waals surface area contributed by atoms with Crippen molar-refractivity contribution in [2.45, 2.75) is 52.0 Å². The number of hydrogen-bond donors (Lipinski definition) is 1. The number of carbonyl (C=O) groups excluding carboxylic acids is 1. The molecule has 0 aliphatic rings. The maximum absolute atomic E-state index is 13.4. The summed E-state index contributed by atoms with van der Waals surface area (Å²) in [5, 5.41) is 0. The van der Waals surface area contributed by atoms with E-state index in [1.165, 1.54) is 31.4 Å². The van der Waals surface area contributed by atoms with Gasteiger partial charge in [-0.3, -0.25) is 0 Å². The van der Waals surface area contributed by atoms with Crippen molar-refractivity contribution in [3.05, 3.63) is 65.5 Å². The molecule has 172 valence electrons. The van der Waals surface area contributed by atoms with Gasteiger partial charge in [-0.2, -0.15) is 0 Å². The van der Waals surface area contributed by atoms with Crippen LogP contribution in [0, 0.1) is 5.82 Å². The highest BCUT2D eigenvalue weighted by Gasteiger charge is 2.25. The summed E-state index contributed by atoms with van der Waals surface area (Å²) >= 11 is 0. The molecule has 33 heavy (non-hydrogen) atoms. The van der Waals surface area contributed by atoms with Gasteiger partial charge in [0.15, 0.2) is 5.65 Å². The second kappa shape index (κ2) is 10.4. The summed E-state index contributed by atoms with van der Waals surface area (Å²) in [4.78, 5) is 22.5. The summed E-state index contributed by atoms with van der Waals surface area (Å²) in [7, 11) is 0. The number of nitrogen functional groups attached to an aromatic ring is 1. The predicted octanol–water partition coefficient (Wildman–Crippen LogP) is 5.87. The number of halogens is 1. The number of unbranched alkanes of at least 4 members (excludes halogenated alkanes) is 5. The van der Waals surface area contributed by atoms with Crippen molar-refractivity contribution in [1.82, 2.24) is 14.5 Å². The Labute approximate surface area is 192 Å². The zero-order valence-corrected chi connectivity index (χ0v) is 18.9. The quantitative estimate of drug-likeness (QED) is 0.242. The first-order chi connectivity index (χ1) is 16.1. The van der Waals surface area contributed by atoms with Crippen molar-refractivity contribution < 1.29 is 13.9 Å². The van der Waals surface area contributed by atoms with Gasteiger partial charge in [-0.05, 0) is 36.2 Å². The van der Waals surface area contributed by atoms with Crippen LogP contribution in [0.25, 0.3) is 22.2 Å². The molecule has 0 amide bonds. The van der Waals surface area contributed by atoms with Crippen molar-refractivity contribution in [2.75, 3.05) is 12.3 Å². The van der Waals surface area contributed by atoms with Crippen LogP contribution < -0.4 is 5.73 Å². The zero-order chi connectivity index (χ0) is 23.2. The van der Waals surface area contributed by atoms with Crippen molar-refractivity contribution in [2.24, 2.45) is 0 Å². The van der Waals surface area contributed by atoms with Crippen LogP contribution in [-0.4, -0.2) is 27.1 Å². The smallest absolute Gasteiger partial charge is 0.344 e. The number of fused-ring (bicyclic) bond motifs is 2. The van der Waals surface area contributed by atoms with E-state index in [0.717, 1.165) is 24.8 Å². The minimum absolute atomic E-state index is 0.233. The monoisotopic (exact) mass is 448 g/mol. The first kappa shape index (κ1) is 22.7. The van der Waals surface area contributed by atoms with Crippen LogP contribution in [0.3, 0.4) is 0 Å². The Bertz CT molecular complexity index is 1250. The number of anilines is 1. The Morgan fingerprint density at radius 2 is 1.64 bits per heavy atom. The molecular formula is C26H29FN4O2. The molecule has 0 atom stereocenters. The van der Waals surface area contributed by atoms with Gasteiger partial charge in [0, 0.05) is 0 Å². The molecule has 0 bridgehead atoms. The molecule has 2 heterocycles. The van der Waals surface area contributed by atoms with Crippen molar-refractivity contribution in [3.63, 3.8) is 0 Å². The molecule has 0 saturated heterocycles. The largest absolute Gasteiger partial charge is 0.462 e.